The van der Waals surface area contributed by atoms with Gasteiger partial charge in [-0.15, -0.1) is 0 Å². The second kappa shape index (κ2) is 6.44. The molecule has 1 saturated heterocycles. The Hall–Kier alpha value is -1.73. The fraction of sp³-hybridized carbons (Fsp3) is 0.583. The van der Waals surface area contributed by atoms with Crippen LogP contribution < -0.4 is 16.2 Å². The Kier molecular flexibility index (Phi) is 4.64. The van der Waals surface area contributed by atoms with Crippen molar-refractivity contribution in [1.82, 2.24) is 20.3 Å². The largest absolute Gasteiger partial charge is 0.338 e. The number of nitrogens with one attached hydrogen (secondary N) is 1. The third-order valence-corrected chi connectivity index (χ3v) is 3.42. The standard InChI is InChI=1S/C12H20N6O/c1-2-10(11(19)16-13)17-6-8-18(9-7-17)12-14-4-3-5-15-12/h3-5,10H,2,6-9,13H2,1H3,(H,16,19). The van der Waals surface area contributed by atoms with Crippen LogP contribution in [-0.4, -0.2) is 53.0 Å². The van der Waals surface area contributed by atoms with E-state index in [1.54, 1.807) is 18.5 Å². The summed E-state index contributed by atoms with van der Waals surface area (Å²) in [6, 6.07) is 1.65. The Morgan fingerprint density at radius 3 is 2.53 bits per heavy atom. The summed E-state index contributed by atoms with van der Waals surface area (Å²) in [5.41, 5.74) is 2.24. The molecule has 1 unspecified atom stereocenters. The van der Waals surface area contributed by atoms with Gasteiger partial charge in [-0.05, 0) is 12.5 Å². The van der Waals surface area contributed by atoms with Crippen LogP contribution in [0.15, 0.2) is 18.5 Å². The van der Waals surface area contributed by atoms with Crippen LogP contribution in [0.25, 0.3) is 0 Å². The van der Waals surface area contributed by atoms with Gasteiger partial charge in [0.1, 0.15) is 0 Å². The molecule has 1 atom stereocenters. The van der Waals surface area contributed by atoms with Crippen molar-refractivity contribution in [3.05, 3.63) is 18.5 Å². The number of piperazine rings is 1. The van der Waals surface area contributed by atoms with Crippen LogP contribution >= 0.6 is 0 Å². The molecule has 1 aliphatic rings. The smallest absolute Gasteiger partial charge is 0.251 e. The maximum absolute atomic E-state index is 11.7. The molecule has 7 nitrogen and oxygen atoms in total. The summed E-state index contributed by atoms with van der Waals surface area (Å²) in [6.07, 6.45) is 4.24. The summed E-state index contributed by atoms with van der Waals surface area (Å²) in [7, 11) is 0. The molecule has 104 valence electrons. The number of carbonyl (C=O) groups excluding carboxylic acids is 1. The first-order valence-corrected chi connectivity index (χ1v) is 6.52. The number of rotatable bonds is 4. The molecule has 0 saturated carbocycles. The molecule has 2 rings (SSSR count). The second-order valence-corrected chi connectivity index (χ2v) is 4.50. The van der Waals surface area contributed by atoms with Gasteiger partial charge in [-0.25, -0.2) is 15.8 Å². The van der Waals surface area contributed by atoms with Crippen LogP contribution in [0.3, 0.4) is 0 Å². The molecule has 0 aliphatic carbocycles. The maximum Gasteiger partial charge on any atom is 0.251 e. The van der Waals surface area contributed by atoms with Gasteiger partial charge < -0.3 is 4.90 Å². The van der Waals surface area contributed by atoms with Gasteiger partial charge in [-0.2, -0.15) is 0 Å². The minimum absolute atomic E-state index is 0.119. The lowest BCUT2D eigenvalue weighted by atomic mass is 10.1. The molecule has 1 aliphatic heterocycles. The minimum Gasteiger partial charge on any atom is -0.338 e. The lowest BCUT2D eigenvalue weighted by molar-refractivity contribution is -0.126. The highest BCUT2D eigenvalue weighted by atomic mass is 16.2. The van der Waals surface area contributed by atoms with E-state index >= 15 is 0 Å². The van der Waals surface area contributed by atoms with Gasteiger partial charge in [0, 0.05) is 38.6 Å². The molecular formula is C12H20N6O. The van der Waals surface area contributed by atoms with Gasteiger partial charge in [-0.1, -0.05) is 6.92 Å². The monoisotopic (exact) mass is 264 g/mol. The van der Waals surface area contributed by atoms with E-state index in [4.69, 9.17) is 5.84 Å². The zero-order valence-electron chi connectivity index (χ0n) is 11.1. The molecule has 1 fully saturated rings. The van der Waals surface area contributed by atoms with Crippen molar-refractivity contribution in [3.63, 3.8) is 0 Å². The first kappa shape index (κ1) is 13.7. The molecular weight excluding hydrogens is 244 g/mol. The molecule has 1 aromatic heterocycles. The van der Waals surface area contributed by atoms with Gasteiger partial charge in [-0.3, -0.25) is 15.1 Å². The number of carbonyl (C=O) groups is 1. The van der Waals surface area contributed by atoms with Crippen LogP contribution in [0.4, 0.5) is 5.95 Å². The van der Waals surface area contributed by atoms with Crippen molar-refractivity contribution in [2.24, 2.45) is 5.84 Å². The number of hydrogen-bond donors (Lipinski definition) is 2. The summed E-state index contributed by atoms with van der Waals surface area (Å²) in [4.78, 5) is 24.4. The van der Waals surface area contributed by atoms with E-state index in [0.29, 0.717) is 0 Å². The number of nitrogens with two attached hydrogens (primary N) is 1. The number of hydrogen-bond acceptors (Lipinski definition) is 6. The molecule has 0 spiro atoms. The third kappa shape index (κ3) is 3.18. The average Bonchev–Trinajstić information content (AvgIpc) is 2.49. The Morgan fingerprint density at radius 1 is 1.37 bits per heavy atom. The first-order chi connectivity index (χ1) is 9.26. The third-order valence-electron chi connectivity index (χ3n) is 3.42. The highest BCUT2D eigenvalue weighted by Crippen LogP contribution is 2.13. The number of hydrazine groups is 1. The van der Waals surface area contributed by atoms with Crippen molar-refractivity contribution in [2.75, 3.05) is 31.1 Å². The molecule has 2 heterocycles. The Balaban J connectivity index is 1.93. The number of amides is 1. The minimum atomic E-state index is -0.149. The van der Waals surface area contributed by atoms with Gasteiger partial charge in [0.25, 0.3) is 5.91 Å². The van der Waals surface area contributed by atoms with Crippen molar-refractivity contribution in [2.45, 2.75) is 19.4 Å². The summed E-state index contributed by atoms with van der Waals surface area (Å²) in [5, 5.41) is 0. The van der Waals surface area contributed by atoms with Crippen molar-refractivity contribution >= 4 is 11.9 Å². The van der Waals surface area contributed by atoms with Crippen LogP contribution in [0, 0.1) is 0 Å². The second-order valence-electron chi connectivity index (χ2n) is 4.50. The number of aromatic nitrogens is 2. The quantitative estimate of drug-likeness (QED) is 0.427. The predicted molar refractivity (Wildman–Crippen MR) is 72.2 cm³/mol. The SMILES string of the molecule is CCC(C(=O)NN)N1CCN(c2ncccn2)CC1. The van der Waals surface area contributed by atoms with E-state index in [0.717, 1.165) is 38.5 Å². The van der Waals surface area contributed by atoms with E-state index in [1.807, 2.05) is 6.92 Å². The zero-order valence-corrected chi connectivity index (χ0v) is 11.1. The number of anilines is 1. The summed E-state index contributed by atoms with van der Waals surface area (Å²) >= 11 is 0. The van der Waals surface area contributed by atoms with E-state index in [1.165, 1.54) is 0 Å². The lowest BCUT2D eigenvalue weighted by Crippen LogP contribution is -2.56. The Labute approximate surface area is 112 Å². The molecule has 19 heavy (non-hydrogen) atoms. The molecule has 1 amide bonds. The highest BCUT2D eigenvalue weighted by molar-refractivity contribution is 5.81. The van der Waals surface area contributed by atoms with Gasteiger partial charge >= 0.3 is 0 Å². The van der Waals surface area contributed by atoms with Crippen molar-refractivity contribution in [3.8, 4) is 0 Å². The van der Waals surface area contributed by atoms with Crippen LogP contribution in [-0.2, 0) is 4.79 Å². The highest BCUT2D eigenvalue weighted by Gasteiger charge is 2.27. The van der Waals surface area contributed by atoms with Gasteiger partial charge in [0.2, 0.25) is 5.95 Å². The lowest BCUT2D eigenvalue weighted by Gasteiger charge is -2.38. The zero-order chi connectivity index (χ0) is 13.7. The maximum atomic E-state index is 11.7. The van der Waals surface area contributed by atoms with E-state index in [-0.39, 0.29) is 11.9 Å². The molecule has 0 radical (unpaired) electrons. The fourth-order valence-corrected chi connectivity index (χ4v) is 2.39. The molecule has 7 heteroatoms. The van der Waals surface area contributed by atoms with Crippen LogP contribution in [0.1, 0.15) is 13.3 Å². The molecule has 3 N–H and O–H groups in total. The fourth-order valence-electron chi connectivity index (χ4n) is 2.39. The summed E-state index contributed by atoms with van der Waals surface area (Å²) in [6.45, 7) is 5.25. The van der Waals surface area contributed by atoms with Crippen molar-refractivity contribution in [1.29, 1.82) is 0 Å². The van der Waals surface area contributed by atoms with Gasteiger partial charge in [0.05, 0.1) is 6.04 Å². The normalized spacial score (nSPS) is 18.1. The first-order valence-electron chi connectivity index (χ1n) is 6.52. The van der Waals surface area contributed by atoms with Crippen LogP contribution in [0.5, 0.6) is 0 Å². The summed E-state index contributed by atoms with van der Waals surface area (Å²) in [5.74, 6) is 5.85. The predicted octanol–water partition coefficient (Wildman–Crippen LogP) is -0.633. The van der Waals surface area contributed by atoms with Crippen LogP contribution in [0.2, 0.25) is 0 Å². The van der Waals surface area contributed by atoms with E-state index in [2.05, 4.69) is 25.2 Å². The van der Waals surface area contributed by atoms with Crippen molar-refractivity contribution < 1.29 is 4.79 Å². The van der Waals surface area contributed by atoms with Gasteiger partial charge in [0.15, 0.2) is 0 Å². The van der Waals surface area contributed by atoms with E-state index < -0.39 is 0 Å². The Morgan fingerprint density at radius 2 is 2.00 bits per heavy atom. The molecule has 1 aromatic rings. The number of nitrogens with zero attached hydrogens (tertiary/aromatic N) is 4. The van der Waals surface area contributed by atoms with E-state index in [9.17, 15) is 4.79 Å². The Bertz CT molecular complexity index is 404. The summed E-state index contributed by atoms with van der Waals surface area (Å²) < 4.78 is 0. The topological polar surface area (TPSA) is 87.4 Å². The molecule has 0 aromatic carbocycles. The average molecular weight is 264 g/mol. The molecule has 0 bridgehead atoms.